The van der Waals surface area contributed by atoms with Crippen molar-refractivity contribution < 1.29 is 14.8 Å². The molecule has 0 atom stereocenters. The van der Waals surface area contributed by atoms with Crippen molar-refractivity contribution in [2.24, 2.45) is 0 Å². The second kappa shape index (κ2) is 12.4. The van der Waals surface area contributed by atoms with Crippen LogP contribution in [0.5, 0.6) is 0 Å². The van der Waals surface area contributed by atoms with Gasteiger partial charge in [-0.3, -0.25) is 4.90 Å². The highest BCUT2D eigenvalue weighted by molar-refractivity contribution is 5.60. The summed E-state index contributed by atoms with van der Waals surface area (Å²) in [5.74, 6) is -1.08. The molecule has 0 aliphatic carbocycles. The number of carboxylic acid groups (broad SMARTS) is 1. The minimum atomic E-state index is -1.08. The van der Waals surface area contributed by atoms with Crippen molar-refractivity contribution in [3.05, 3.63) is 24.6 Å². The first-order valence-electron chi connectivity index (χ1n) is 7.05. The highest BCUT2D eigenvalue weighted by Gasteiger charge is 2.02. The molecule has 0 unspecified atom stereocenters. The molecule has 0 aromatic rings. The Morgan fingerprint density at radius 3 is 1.94 bits per heavy atom. The fraction of sp³-hybridized carbons (Fsp3) is 0.667. The molecule has 0 saturated carbocycles. The van der Waals surface area contributed by atoms with Gasteiger partial charge in [0.1, 0.15) is 0 Å². The number of hydrogen-bond acceptors (Lipinski definition) is 2. The molecule has 0 bridgehead atoms. The third kappa shape index (κ3) is 13.0. The van der Waals surface area contributed by atoms with E-state index in [1.807, 2.05) is 0 Å². The molecule has 18 heavy (non-hydrogen) atoms. The Morgan fingerprint density at radius 2 is 1.44 bits per heavy atom. The molecule has 3 heteroatoms. The first-order chi connectivity index (χ1) is 8.66. The van der Waals surface area contributed by atoms with E-state index in [0.29, 0.717) is 0 Å². The van der Waals surface area contributed by atoms with Crippen molar-refractivity contribution in [2.75, 3.05) is 6.54 Å². The van der Waals surface area contributed by atoms with Crippen molar-refractivity contribution in [2.45, 2.75) is 58.8 Å². The zero-order chi connectivity index (χ0) is 13.6. The summed E-state index contributed by atoms with van der Waals surface area (Å²) in [6, 6.07) is 0. The largest absolute Gasteiger partial charge is 0.550 e. The fourth-order valence-corrected chi connectivity index (χ4v) is 1.87. The van der Waals surface area contributed by atoms with Gasteiger partial charge < -0.3 is 9.90 Å². The van der Waals surface area contributed by atoms with Gasteiger partial charge in [0.25, 0.3) is 0 Å². The summed E-state index contributed by atoms with van der Waals surface area (Å²) >= 11 is 0. The minimum absolute atomic E-state index is 0.972. The van der Waals surface area contributed by atoms with Gasteiger partial charge in [-0.2, -0.15) is 0 Å². The minimum Gasteiger partial charge on any atom is -0.550 e. The Labute approximate surface area is 111 Å². The van der Waals surface area contributed by atoms with Gasteiger partial charge in [0, 0.05) is 5.97 Å². The number of unbranched alkanes of at least 4 members (excludes halogenated alkanes) is 6. The maximum atomic E-state index is 8.89. The third-order valence-electron chi connectivity index (χ3n) is 2.80. The monoisotopic (exact) mass is 253 g/mol. The summed E-state index contributed by atoms with van der Waals surface area (Å²) in [5.41, 5.74) is 0. The lowest BCUT2D eigenvalue weighted by atomic mass is 10.1. The molecule has 0 saturated heterocycles. The Morgan fingerprint density at radius 1 is 1.00 bits per heavy atom. The predicted molar refractivity (Wildman–Crippen MR) is 72.8 cm³/mol. The van der Waals surface area contributed by atoms with Gasteiger partial charge in [-0.1, -0.05) is 39.0 Å². The van der Waals surface area contributed by atoms with Crippen molar-refractivity contribution in [1.82, 2.24) is 0 Å². The number of quaternary nitrogens is 1. The molecule has 1 aliphatic rings. The van der Waals surface area contributed by atoms with Gasteiger partial charge >= 0.3 is 0 Å². The van der Waals surface area contributed by atoms with E-state index in [9.17, 15) is 0 Å². The van der Waals surface area contributed by atoms with Crippen LogP contribution in [0.4, 0.5) is 0 Å². The molecule has 1 aliphatic heterocycles. The number of carboxylic acids is 1. The fourth-order valence-electron chi connectivity index (χ4n) is 1.87. The third-order valence-corrected chi connectivity index (χ3v) is 2.80. The van der Waals surface area contributed by atoms with Crippen molar-refractivity contribution in [3.63, 3.8) is 0 Å². The van der Waals surface area contributed by atoms with Crippen LogP contribution in [0.3, 0.4) is 0 Å². The van der Waals surface area contributed by atoms with Crippen LogP contribution in [0.2, 0.25) is 0 Å². The quantitative estimate of drug-likeness (QED) is 0.665. The summed E-state index contributed by atoms with van der Waals surface area (Å²) < 4.78 is 0. The maximum Gasteiger partial charge on any atom is 0.0990 e. The lowest BCUT2D eigenvalue weighted by molar-refractivity contribution is -0.787. The van der Waals surface area contributed by atoms with Crippen LogP contribution in [0.25, 0.3) is 0 Å². The van der Waals surface area contributed by atoms with Crippen LogP contribution in [0.15, 0.2) is 24.6 Å². The molecule has 1 rings (SSSR count). The van der Waals surface area contributed by atoms with E-state index in [0.717, 1.165) is 6.92 Å². The molecule has 104 valence electrons. The second-order valence-corrected chi connectivity index (χ2v) is 4.66. The van der Waals surface area contributed by atoms with Gasteiger partial charge in [-0.05, 0) is 31.9 Å². The van der Waals surface area contributed by atoms with Crippen LogP contribution in [-0.4, -0.2) is 12.5 Å². The smallest absolute Gasteiger partial charge is 0.0990 e. The van der Waals surface area contributed by atoms with E-state index in [1.54, 1.807) is 0 Å². The van der Waals surface area contributed by atoms with Crippen molar-refractivity contribution in [3.8, 4) is 0 Å². The Balaban J connectivity index is 0.000000631. The molecule has 0 fully saturated rings. The highest BCUT2D eigenvalue weighted by atomic mass is 16.4. The summed E-state index contributed by atoms with van der Waals surface area (Å²) in [5, 5.41) is 8.89. The van der Waals surface area contributed by atoms with E-state index in [4.69, 9.17) is 9.90 Å². The lowest BCUT2D eigenvalue weighted by Gasteiger charge is -2.06. The molecule has 1 heterocycles. The molecule has 0 aromatic carbocycles. The summed E-state index contributed by atoms with van der Waals surface area (Å²) in [4.78, 5) is 10.4. The standard InChI is InChI=1S/C13H23N.C2H4O2/c1-2-3-4-5-6-7-8-11-14-12-9-10-13-14;1-2(3)4/h9-10,12-13H,2-8,11H2,1H3;1H3,(H,3,4). The average molecular weight is 253 g/mol. The van der Waals surface area contributed by atoms with Gasteiger partial charge in [-0.25, -0.2) is 0 Å². The molecular weight excluding hydrogens is 226 g/mol. The van der Waals surface area contributed by atoms with Gasteiger partial charge in [0.05, 0.1) is 18.9 Å². The van der Waals surface area contributed by atoms with Crippen LogP contribution in [0, 0.1) is 0 Å². The molecule has 0 amide bonds. The molecular formula is C15H27NO2. The summed E-state index contributed by atoms with van der Waals surface area (Å²) in [6.07, 6.45) is 18.6. The number of nitrogens with one attached hydrogen (secondary N) is 1. The Bertz CT molecular complexity index is 243. The lowest BCUT2D eigenvalue weighted by Crippen LogP contribution is -3.01. The van der Waals surface area contributed by atoms with Crippen molar-refractivity contribution >= 4 is 5.97 Å². The molecule has 1 N–H and O–H groups in total. The Kier molecular flexibility index (Phi) is 11.6. The zero-order valence-electron chi connectivity index (χ0n) is 11.8. The van der Waals surface area contributed by atoms with E-state index in [2.05, 4.69) is 31.5 Å². The topological polar surface area (TPSA) is 44.6 Å². The first-order valence-corrected chi connectivity index (χ1v) is 7.05. The Hall–Kier alpha value is -1.09. The van der Waals surface area contributed by atoms with Gasteiger partial charge in [0.2, 0.25) is 0 Å². The van der Waals surface area contributed by atoms with E-state index in [1.165, 1.54) is 56.4 Å². The second-order valence-electron chi connectivity index (χ2n) is 4.66. The highest BCUT2D eigenvalue weighted by Crippen LogP contribution is 2.05. The predicted octanol–water partition coefficient (Wildman–Crippen LogP) is 1.42. The average Bonchev–Trinajstić information content (AvgIpc) is 2.80. The van der Waals surface area contributed by atoms with Crippen LogP contribution in [0.1, 0.15) is 58.8 Å². The number of allylic oxidation sites excluding steroid dienone is 2. The zero-order valence-corrected chi connectivity index (χ0v) is 11.8. The molecule has 3 nitrogen and oxygen atoms in total. The first kappa shape index (κ1) is 16.9. The van der Waals surface area contributed by atoms with E-state index >= 15 is 0 Å². The number of rotatable bonds is 8. The van der Waals surface area contributed by atoms with E-state index in [-0.39, 0.29) is 0 Å². The van der Waals surface area contributed by atoms with Gasteiger partial charge in [0.15, 0.2) is 0 Å². The van der Waals surface area contributed by atoms with Crippen LogP contribution < -0.4 is 10.0 Å². The SMILES string of the molecule is CC(=O)[O-].CCCCCCCCC[NH+]1C=CC=C1. The summed E-state index contributed by atoms with van der Waals surface area (Å²) in [7, 11) is 0. The maximum absolute atomic E-state index is 8.89. The summed E-state index contributed by atoms with van der Waals surface area (Å²) in [6.45, 7) is 4.52. The van der Waals surface area contributed by atoms with Crippen LogP contribution in [-0.2, 0) is 4.79 Å². The van der Waals surface area contributed by atoms with Crippen molar-refractivity contribution in [1.29, 1.82) is 0 Å². The number of carbonyl (C=O) groups excluding carboxylic acids is 1. The van der Waals surface area contributed by atoms with Crippen LogP contribution >= 0.6 is 0 Å². The molecule has 0 spiro atoms. The number of hydrogen-bond donors (Lipinski definition) is 1. The molecule has 0 aromatic heterocycles. The normalized spacial score (nSPS) is 13.4. The number of carbonyl (C=O) groups is 1. The van der Waals surface area contributed by atoms with Gasteiger partial charge in [-0.15, -0.1) is 0 Å². The number of aliphatic carboxylic acids is 1. The molecule has 0 radical (unpaired) electrons. The van der Waals surface area contributed by atoms with E-state index < -0.39 is 5.97 Å².